The predicted molar refractivity (Wildman–Crippen MR) is 71.2 cm³/mol. The zero-order valence-corrected chi connectivity index (χ0v) is 11.3. The SMILES string of the molecule is Cc1nc(C2CC(O)c3cc(Cl)ccc3O2)cs1. The molecule has 3 nitrogen and oxygen atoms in total. The lowest BCUT2D eigenvalue weighted by molar-refractivity contribution is 0.0639. The summed E-state index contributed by atoms with van der Waals surface area (Å²) < 4.78 is 5.88. The molecule has 0 saturated carbocycles. The number of hydrogen-bond donors (Lipinski definition) is 1. The van der Waals surface area contributed by atoms with Crippen molar-refractivity contribution in [2.45, 2.75) is 25.6 Å². The summed E-state index contributed by atoms with van der Waals surface area (Å²) in [6.45, 7) is 1.96. The molecule has 2 aromatic rings. The van der Waals surface area contributed by atoms with Crippen LogP contribution in [0.15, 0.2) is 23.6 Å². The number of aliphatic hydroxyl groups excluding tert-OH is 1. The largest absolute Gasteiger partial charge is 0.484 e. The second-order valence-electron chi connectivity index (χ2n) is 4.33. The number of benzene rings is 1. The maximum absolute atomic E-state index is 10.2. The fraction of sp³-hybridized carbons (Fsp3) is 0.308. The fourth-order valence-electron chi connectivity index (χ4n) is 2.13. The molecule has 2 atom stereocenters. The monoisotopic (exact) mass is 281 g/mol. The highest BCUT2D eigenvalue weighted by Gasteiger charge is 2.29. The maximum Gasteiger partial charge on any atom is 0.144 e. The summed E-state index contributed by atoms with van der Waals surface area (Å²) in [6, 6.07) is 5.32. The first-order valence-corrected chi connectivity index (χ1v) is 6.95. The molecule has 5 heteroatoms. The van der Waals surface area contributed by atoms with Gasteiger partial charge in [-0.25, -0.2) is 4.98 Å². The van der Waals surface area contributed by atoms with Crippen LogP contribution < -0.4 is 4.74 Å². The summed E-state index contributed by atoms with van der Waals surface area (Å²) in [6.07, 6.45) is -0.227. The van der Waals surface area contributed by atoms with Crippen LogP contribution in [0.3, 0.4) is 0 Å². The standard InChI is InChI=1S/C13H12ClNO2S/c1-7-15-10(6-18-7)13-5-11(16)9-4-8(14)2-3-12(9)17-13/h2-4,6,11,13,16H,5H2,1H3. The Hall–Kier alpha value is -1.10. The number of fused-ring (bicyclic) bond motifs is 1. The van der Waals surface area contributed by atoms with E-state index in [9.17, 15) is 5.11 Å². The Labute approximate surface area is 114 Å². The minimum Gasteiger partial charge on any atom is -0.484 e. The van der Waals surface area contributed by atoms with Crippen molar-refractivity contribution in [3.63, 3.8) is 0 Å². The molecule has 1 aromatic carbocycles. The van der Waals surface area contributed by atoms with Crippen molar-refractivity contribution in [2.24, 2.45) is 0 Å². The second-order valence-corrected chi connectivity index (χ2v) is 5.83. The summed E-state index contributed by atoms with van der Waals surface area (Å²) in [5, 5.41) is 13.8. The van der Waals surface area contributed by atoms with Gasteiger partial charge in [0.15, 0.2) is 0 Å². The molecule has 1 aromatic heterocycles. The lowest BCUT2D eigenvalue weighted by atomic mass is 9.98. The molecule has 0 radical (unpaired) electrons. The molecule has 2 heterocycles. The van der Waals surface area contributed by atoms with E-state index in [1.165, 1.54) is 0 Å². The van der Waals surface area contributed by atoms with E-state index in [-0.39, 0.29) is 6.10 Å². The molecular formula is C13H12ClNO2S. The van der Waals surface area contributed by atoms with Crippen molar-refractivity contribution in [2.75, 3.05) is 0 Å². The van der Waals surface area contributed by atoms with Crippen LogP contribution in [-0.4, -0.2) is 10.1 Å². The third-order valence-electron chi connectivity index (χ3n) is 3.00. The van der Waals surface area contributed by atoms with Gasteiger partial charge in [-0.3, -0.25) is 0 Å². The van der Waals surface area contributed by atoms with E-state index in [4.69, 9.17) is 16.3 Å². The van der Waals surface area contributed by atoms with Crippen molar-refractivity contribution >= 4 is 22.9 Å². The predicted octanol–water partition coefficient (Wildman–Crippen LogP) is 3.66. The topological polar surface area (TPSA) is 42.4 Å². The maximum atomic E-state index is 10.2. The molecule has 18 heavy (non-hydrogen) atoms. The molecule has 0 spiro atoms. The number of aliphatic hydroxyl groups is 1. The van der Waals surface area contributed by atoms with E-state index in [2.05, 4.69) is 4.98 Å². The molecule has 0 amide bonds. The normalized spacial score (nSPS) is 22.4. The van der Waals surface area contributed by atoms with Gasteiger partial charge in [-0.2, -0.15) is 0 Å². The minimum absolute atomic E-state index is 0.182. The number of thiazole rings is 1. The molecule has 0 aliphatic carbocycles. The van der Waals surface area contributed by atoms with Gasteiger partial charge in [-0.05, 0) is 25.1 Å². The number of aromatic nitrogens is 1. The van der Waals surface area contributed by atoms with E-state index >= 15 is 0 Å². The van der Waals surface area contributed by atoms with Gasteiger partial charge >= 0.3 is 0 Å². The van der Waals surface area contributed by atoms with Crippen LogP contribution in [0, 0.1) is 6.92 Å². The first-order chi connectivity index (χ1) is 8.63. The lowest BCUT2D eigenvalue weighted by Gasteiger charge is -2.28. The van der Waals surface area contributed by atoms with Crippen molar-refractivity contribution in [1.29, 1.82) is 0 Å². The Bertz CT molecular complexity index is 584. The van der Waals surface area contributed by atoms with Gasteiger partial charge < -0.3 is 9.84 Å². The summed E-state index contributed by atoms with van der Waals surface area (Å²) in [4.78, 5) is 4.42. The number of nitrogens with zero attached hydrogens (tertiary/aromatic N) is 1. The Morgan fingerprint density at radius 2 is 2.33 bits per heavy atom. The molecule has 0 saturated heterocycles. The van der Waals surface area contributed by atoms with Crippen molar-refractivity contribution < 1.29 is 9.84 Å². The van der Waals surface area contributed by atoms with E-state index in [0.29, 0.717) is 17.2 Å². The van der Waals surface area contributed by atoms with Gasteiger partial charge in [0.2, 0.25) is 0 Å². The van der Waals surface area contributed by atoms with E-state index < -0.39 is 6.10 Å². The Balaban J connectivity index is 1.94. The highest BCUT2D eigenvalue weighted by atomic mass is 35.5. The first kappa shape index (κ1) is 12.0. The van der Waals surface area contributed by atoms with Crippen LogP contribution in [0.25, 0.3) is 0 Å². The third-order valence-corrected chi connectivity index (χ3v) is 4.03. The molecule has 1 aliphatic rings. The number of rotatable bonds is 1. The van der Waals surface area contributed by atoms with E-state index in [1.54, 1.807) is 29.5 Å². The van der Waals surface area contributed by atoms with Crippen molar-refractivity contribution in [3.05, 3.63) is 44.9 Å². The zero-order valence-electron chi connectivity index (χ0n) is 9.76. The van der Waals surface area contributed by atoms with Crippen molar-refractivity contribution in [1.82, 2.24) is 4.98 Å². The van der Waals surface area contributed by atoms with Gasteiger partial charge in [0.25, 0.3) is 0 Å². The Morgan fingerprint density at radius 1 is 1.50 bits per heavy atom. The Kier molecular flexibility index (Phi) is 3.01. The zero-order chi connectivity index (χ0) is 12.7. The van der Waals surface area contributed by atoms with Crippen LogP contribution in [-0.2, 0) is 0 Å². The molecule has 0 fully saturated rings. The molecule has 0 bridgehead atoms. The molecule has 2 unspecified atom stereocenters. The van der Waals surface area contributed by atoms with Gasteiger partial charge in [0.1, 0.15) is 11.9 Å². The highest BCUT2D eigenvalue weighted by Crippen LogP contribution is 2.41. The first-order valence-electron chi connectivity index (χ1n) is 5.69. The number of hydrogen-bond acceptors (Lipinski definition) is 4. The van der Waals surface area contributed by atoms with Crippen molar-refractivity contribution in [3.8, 4) is 5.75 Å². The molecule has 3 rings (SSSR count). The summed E-state index contributed by atoms with van der Waals surface area (Å²) >= 11 is 7.51. The van der Waals surface area contributed by atoms with Crippen LogP contribution >= 0.6 is 22.9 Å². The molecule has 1 N–H and O–H groups in total. The number of ether oxygens (including phenoxy) is 1. The highest BCUT2D eigenvalue weighted by molar-refractivity contribution is 7.09. The number of halogens is 1. The summed E-state index contributed by atoms with van der Waals surface area (Å²) in [5.74, 6) is 0.689. The molecular weight excluding hydrogens is 270 g/mol. The van der Waals surface area contributed by atoms with E-state index in [0.717, 1.165) is 16.3 Å². The fourth-order valence-corrected chi connectivity index (χ4v) is 2.96. The molecule has 94 valence electrons. The summed E-state index contributed by atoms with van der Waals surface area (Å²) in [5.41, 5.74) is 1.64. The van der Waals surface area contributed by atoms with Crippen LogP contribution in [0.2, 0.25) is 5.02 Å². The van der Waals surface area contributed by atoms with Crippen LogP contribution in [0.4, 0.5) is 0 Å². The quantitative estimate of drug-likeness (QED) is 0.867. The van der Waals surface area contributed by atoms with Gasteiger partial charge in [0, 0.05) is 22.4 Å². The minimum atomic E-state index is -0.556. The van der Waals surface area contributed by atoms with Crippen LogP contribution in [0.1, 0.15) is 34.9 Å². The lowest BCUT2D eigenvalue weighted by Crippen LogP contribution is -2.19. The molecule has 1 aliphatic heterocycles. The van der Waals surface area contributed by atoms with Gasteiger partial charge in [-0.1, -0.05) is 11.6 Å². The average molecular weight is 282 g/mol. The van der Waals surface area contributed by atoms with Gasteiger partial charge in [0.05, 0.1) is 16.8 Å². The Morgan fingerprint density at radius 3 is 3.06 bits per heavy atom. The average Bonchev–Trinajstić information content (AvgIpc) is 2.77. The van der Waals surface area contributed by atoms with Crippen LogP contribution in [0.5, 0.6) is 5.75 Å². The summed E-state index contributed by atoms with van der Waals surface area (Å²) in [7, 11) is 0. The number of aryl methyl sites for hydroxylation is 1. The third kappa shape index (κ3) is 2.11. The van der Waals surface area contributed by atoms with Gasteiger partial charge in [-0.15, -0.1) is 11.3 Å². The smallest absolute Gasteiger partial charge is 0.144 e. The second kappa shape index (κ2) is 4.53. The van der Waals surface area contributed by atoms with E-state index in [1.807, 2.05) is 12.3 Å².